The lowest BCUT2D eigenvalue weighted by atomic mass is 9.62. The number of benzene rings is 2. The molecule has 1 N–H and O–H groups in total. The van der Waals surface area contributed by atoms with Crippen molar-refractivity contribution in [2.24, 2.45) is 11.3 Å². The predicted molar refractivity (Wildman–Crippen MR) is 188 cm³/mol. The highest BCUT2D eigenvalue weighted by atomic mass is 16.6. The molecule has 0 spiro atoms. The van der Waals surface area contributed by atoms with Gasteiger partial charge in [0.2, 0.25) is 5.60 Å². The van der Waals surface area contributed by atoms with Crippen LogP contribution in [-0.4, -0.2) is 79.3 Å². The van der Waals surface area contributed by atoms with Crippen molar-refractivity contribution in [2.45, 2.75) is 109 Å². The van der Waals surface area contributed by atoms with Crippen LogP contribution in [0, 0.1) is 11.3 Å². The maximum absolute atomic E-state index is 13.0. The number of carbonyl (C=O) groups excluding carboxylic acids is 2. The van der Waals surface area contributed by atoms with Crippen LogP contribution in [0.1, 0.15) is 108 Å². The second-order valence-corrected chi connectivity index (χ2v) is 14.9. The lowest BCUT2D eigenvalue weighted by Gasteiger charge is -2.43. The Labute approximate surface area is 284 Å². The SMILES string of the molecule is CN(C)CC(C)(C)OC(=O)C(O)(c1ccccc1)c1ccccc1.O=C(OCCN1CCCCC1)C1(C2CCCCC2)CCCCC1. The number of esters is 2. The Morgan fingerprint density at radius 1 is 0.809 bits per heavy atom. The molecule has 2 aromatic carbocycles. The van der Waals surface area contributed by atoms with Crippen molar-refractivity contribution in [2.75, 3.05) is 46.9 Å². The number of rotatable bonds is 11. The molecule has 0 amide bonds. The van der Waals surface area contributed by atoms with E-state index in [1.807, 2.05) is 45.0 Å². The Balaban J connectivity index is 0.000000213. The lowest BCUT2D eigenvalue weighted by Crippen LogP contribution is -2.46. The van der Waals surface area contributed by atoms with Gasteiger partial charge in [0.15, 0.2) is 0 Å². The topological polar surface area (TPSA) is 79.3 Å². The minimum atomic E-state index is -1.84. The van der Waals surface area contributed by atoms with E-state index in [0.717, 1.165) is 19.4 Å². The highest BCUT2D eigenvalue weighted by Crippen LogP contribution is 2.49. The number of ether oxygens (including phenoxy) is 2. The lowest BCUT2D eigenvalue weighted by molar-refractivity contribution is -0.176. The van der Waals surface area contributed by atoms with Gasteiger partial charge in [-0.05, 0) is 96.6 Å². The van der Waals surface area contributed by atoms with Gasteiger partial charge in [-0.1, -0.05) is 106 Å². The first kappa shape index (κ1) is 37.1. The smallest absolute Gasteiger partial charge is 0.348 e. The van der Waals surface area contributed by atoms with E-state index >= 15 is 0 Å². The Morgan fingerprint density at radius 3 is 1.85 bits per heavy atom. The van der Waals surface area contributed by atoms with Crippen molar-refractivity contribution in [1.29, 1.82) is 0 Å². The van der Waals surface area contributed by atoms with Gasteiger partial charge in [-0.25, -0.2) is 4.79 Å². The van der Waals surface area contributed by atoms with Gasteiger partial charge < -0.3 is 19.5 Å². The van der Waals surface area contributed by atoms with Crippen LogP contribution in [-0.2, 0) is 24.7 Å². The fourth-order valence-corrected chi connectivity index (χ4v) is 8.09. The molecule has 2 aromatic rings. The van der Waals surface area contributed by atoms with Gasteiger partial charge in [-0.2, -0.15) is 0 Å². The summed E-state index contributed by atoms with van der Waals surface area (Å²) in [6.45, 7) is 8.14. The zero-order valence-corrected chi connectivity index (χ0v) is 29.6. The maximum atomic E-state index is 13.0. The van der Waals surface area contributed by atoms with Crippen LogP contribution >= 0.6 is 0 Å². The molecule has 3 aliphatic rings. The average Bonchev–Trinajstić information content (AvgIpc) is 3.09. The molecule has 0 bridgehead atoms. The molecule has 0 aromatic heterocycles. The van der Waals surface area contributed by atoms with Crippen LogP contribution in [0.4, 0.5) is 0 Å². The molecule has 1 heterocycles. The summed E-state index contributed by atoms with van der Waals surface area (Å²) < 4.78 is 11.6. The number of likely N-dealkylation sites (N-methyl/N-ethyl adjacent to an activating group) is 1. The van der Waals surface area contributed by atoms with E-state index in [2.05, 4.69) is 4.90 Å². The van der Waals surface area contributed by atoms with Crippen molar-refractivity contribution in [3.63, 3.8) is 0 Å². The van der Waals surface area contributed by atoms with Crippen molar-refractivity contribution >= 4 is 11.9 Å². The molecule has 1 saturated heterocycles. The summed E-state index contributed by atoms with van der Waals surface area (Å²) in [5, 5.41) is 11.3. The molecule has 5 rings (SSSR count). The zero-order chi connectivity index (χ0) is 33.8. The van der Waals surface area contributed by atoms with E-state index in [-0.39, 0.29) is 11.4 Å². The fourth-order valence-electron chi connectivity index (χ4n) is 8.09. The van der Waals surface area contributed by atoms with Gasteiger partial charge in [0.25, 0.3) is 0 Å². The maximum Gasteiger partial charge on any atom is 0.348 e. The molecule has 7 nitrogen and oxygen atoms in total. The van der Waals surface area contributed by atoms with Crippen LogP contribution in [0.5, 0.6) is 0 Å². The van der Waals surface area contributed by atoms with Crippen LogP contribution in [0.2, 0.25) is 0 Å². The summed E-state index contributed by atoms with van der Waals surface area (Å²) in [5.74, 6) is 0.0758. The number of carbonyl (C=O) groups is 2. The number of hydrogen-bond acceptors (Lipinski definition) is 7. The van der Waals surface area contributed by atoms with Crippen LogP contribution in [0.25, 0.3) is 0 Å². The first-order valence-electron chi connectivity index (χ1n) is 18.2. The number of likely N-dealkylation sites (tertiary alicyclic amines) is 1. The Morgan fingerprint density at radius 2 is 1.32 bits per heavy atom. The summed E-state index contributed by atoms with van der Waals surface area (Å²) in [6, 6.07) is 17.8. The van der Waals surface area contributed by atoms with Crippen molar-refractivity contribution in [3.8, 4) is 0 Å². The predicted octanol–water partition coefficient (Wildman–Crippen LogP) is 7.35. The number of aliphatic hydroxyl groups is 1. The third kappa shape index (κ3) is 10.1. The van der Waals surface area contributed by atoms with Crippen LogP contribution < -0.4 is 0 Å². The van der Waals surface area contributed by atoms with E-state index < -0.39 is 17.2 Å². The first-order chi connectivity index (χ1) is 22.6. The summed E-state index contributed by atoms with van der Waals surface area (Å²) in [4.78, 5) is 30.4. The minimum absolute atomic E-state index is 0.124. The molecule has 1 aliphatic heterocycles. The number of hydrogen-bond donors (Lipinski definition) is 1. The van der Waals surface area contributed by atoms with Crippen molar-refractivity contribution in [1.82, 2.24) is 9.80 Å². The molecule has 2 aliphatic carbocycles. The van der Waals surface area contributed by atoms with Crippen LogP contribution in [0.15, 0.2) is 60.7 Å². The molecule has 0 radical (unpaired) electrons. The normalized spacial score (nSPS) is 19.4. The quantitative estimate of drug-likeness (QED) is 0.255. The summed E-state index contributed by atoms with van der Waals surface area (Å²) in [6.07, 6.45) is 16.4. The van der Waals surface area contributed by atoms with E-state index in [1.165, 1.54) is 83.7 Å². The zero-order valence-electron chi connectivity index (χ0n) is 29.6. The van der Waals surface area contributed by atoms with E-state index in [9.17, 15) is 14.7 Å². The first-order valence-corrected chi connectivity index (χ1v) is 18.2. The standard InChI is InChI=1S/C20H25NO3.C20H35NO2/c1-19(2,15-21(3)4)24-18(22)20(23,16-11-7-5-8-12-16)17-13-9-6-10-14-17;22-19(23-17-16-21-14-8-3-9-15-21)20(12-6-2-7-13-20)18-10-4-1-5-11-18/h5-14,23H,15H2,1-4H3;18H,1-17H2. The molecule has 0 atom stereocenters. The summed E-state index contributed by atoms with van der Waals surface area (Å²) in [7, 11) is 3.83. The average molecular weight is 649 g/mol. The van der Waals surface area contributed by atoms with Gasteiger partial charge in [0.1, 0.15) is 12.2 Å². The van der Waals surface area contributed by atoms with Crippen LogP contribution in [0.3, 0.4) is 0 Å². The molecule has 3 fully saturated rings. The highest BCUT2D eigenvalue weighted by Gasteiger charge is 2.47. The van der Waals surface area contributed by atoms with Gasteiger partial charge >= 0.3 is 11.9 Å². The van der Waals surface area contributed by atoms with Gasteiger partial charge in [-0.15, -0.1) is 0 Å². The third-order valence-corrected chi connectivity index (χ3v) is 10.4. The molecular formula is C40H60N2O5. The molecular weight excluding hydrogens is 588 g/mol. The second kappa shape index (κ2) is 17.6. The highest BCUT2D eigenvalue weighted by molar-refractivity contribution is 5.85. The third-order valence-electron chi connectivity index (χ3n) is 10.4. The number of nitrogens with zero attached hydrogens (tertiary/aromatic N) is 2. The van der Waals surface area contributed by atoms with E-state index in [1.54, 1.807) is 48.5 Å². The summed E-state index contributed by atoms with van der Waals surface area (Å²) >= 11 is 0. The minimum Gasteiger partial charge on any atom is -0.464 e. The van der Waals surface area contributed by atoms with E-state index in [4.69, 9.17) is 9.47 Å². The Bertz CT molecular complexity index is 1170. The Kier molecular flexibility index (Phi) is 13.9. The van der Waals surface area contributed by atoms with Crippen molar-refractivity contribution in [3.05, 3.63) is 71.8 Å². The van der Waals surface area contributed by atoms with Gasteiger partial charge in [0.05, 0.1) is 5.41 Å². The van der Waals surface area contributed by atoms with Crippen molar-refractivity contribution < 1.29 is 24.2 Å². The summed E-state index contributed by atoms with van der Waals surface area (Å²) in [5.41, 5.74) is -1.71. The molecule has 47 heavy (non-hydrogen) atoms. The fraction of sp³-hybridized carbons (Fsp3) is 0.650. The molecule has 0 unspecified atom stereocenters. The second-order valence-electron chi connectivity index (χ2n) is 14.9. The molecule has 2 saturated carbocycles. The monoisotopic (exact) mass is 648 g/mol. The molecule has 7 heteroatoms. The number of piperidine rings is 1. The molecule has 260 valence electrons. The van der Waals surface area contributed by atoms with Gasteiger partial charge in [0, 0.05) is 13.1 Å². The van der Waals surface area contributed by atoms with Gasteiger partial charge in [-0.3, -0.25) is 9.69 Å². The van der Waals surface area contributed by atoms with E-state index in [0.29, 0.717) is 30.2 Å². The Hall–Kier alpha value is -2.74. The largest absolute Gasteiger partial charge is 0.464 e.